The molecule has 0 unspecified atom stereocenters. The Balaban J connectivity index is 1.74. The summed E-state index contributed by atoms with van der Waals surface area (Å²) in [7, 11) is 0. The molecular formula is C21H23NO2. The lowest BCUT2D eigenvalue weighted by Gasteiger charge is -2.39. The summed E-state index contributed by atoms with van der Waals surface area (Å²) in [6.45, 7) is 6.37. The first-order chi connectivity index (χ1) is 11.6. The van der Waals surface area contributed by atoms with Crippen LogP contribution in [0.2, 0.25) is 0 Å². The van der Waals surface area contributed by atoms with Gasteiger partial charge in [0.1, 0.15) is 12.4 Å². The fraction of sp³-hybridized carbons (Fsp3) is 0.286. The predicted octanol–water partition coefficient (Wildman–Crippen LogP) is 4.58. The van der Waals surface area contributed by atoms with Gasteiger partial charge in [-0.2, -0.15) is 0 Å². The van der Waals surface area contributed by atoms with Gasteiger partial charge in [-0.05, 0) is 55.5 Å². The number of carbonyl (C=O) groups excluding carboxylic acids is 1. The number of benzene rings is 2. The van der Waals surface area contributed by atoms with Crippen LogP contribution in [0.3, 0.4) is 0 Å². The molecule has 0 radical (unpaired) electrons. The van der Waals surface area contributed by atoms with Gasteiger partial charge in [-0.3, -0.25) is 4.79 Å². The predicted molar refractivity (Wildman–Crippen MR) is 97.0 cm³/mol. The van der Waals surface area contributed by atoms with Crippen LogP contribution in [0.1, 0.15) is 47.7 Å². The molecule has 3 rings (SSSR count). The molecule has 0 saturated heterocycles. The third-order valence-corrected chi connectivity index (χ3v) is 4.55. The number of rotatable bonds is 6. The minimum absolute atomic E-state index is 0.0505. The van der Waals surface area contributed by atoms with Crippen LogP contribution in [0.5, 0.6) is 5.75 Å². The first kappa shape index (κ1) is 16.3. The zero-order valence-corrected chi connectivity index (χ0v) is 14.0. The second-order valence-electron chi connectivity index (χ2n) is 6.64. The van der Waals surface area contributed by atoms with Gasteiger partial charge in [-0.25, -0.2) is 0 Å². The van der Waals surface area contributed by atoms with E-state index < -0.39 is 0 Å². The van der Waals surface area contributed by atoms with Crippen molar-refractivity contribution in [1.29, 1.82) is 0 Å². The molecule has 2 aromatic rings. The molecule has 124 valence electrons. The van der Waals surface area contributed by atoms with Crippen LogP contribution < -0.4 is 10.1 Å². The zero-order chi connectivity index (χ0) is 17.0. The van der Waals surface area contributed by atoms with Crippen LogP contribution in [0.4, 0.5) is 0 Å². The first-order valence-corrected chi connectivity index (χ1v) is 8.35. The number of hydrogen-bond acceptors (Lipinski definition) is 2. The summed E-state index contributed by atoms with van der Waals surface area (Å²) in [5.74, 6) is 0.630. The number of hydrogen-bond donors (Lipinski definition) is 1. The molecule has 24 heavy (non-hydrogen) atoms. The Kier molecular flexibility index (Phi) is 4.70. The maximum Gasteiger partial charge on any atom is 0.251 e. The molecule has 1 aliphatic rings. The highest BCUT2D eigenvalue weighted by molar-refractivity contribution is 5.95. The molecule has 0 atom stereocenters. The molecule has 0 aromatic heterocycles. The van der Waals surface area contributed by atoms with Crippen LogP contribution in [0.25, 0.3) is 6.08 Å². The maximum absolute atomic E-state index is 12.5. The molecule has 1 amide bonds. The molecule has 1 fully saturated rings. The summed E-state index contributed by atoms with van der Waals surface area (Å²) >= 11 is 0. The fourth-order valence-electron chi connectivity index (χ4n) is 2.87. The van der Waals surface area contributed by atoms with E-state index >= 15 is 0 Å². The van der Waals surface area contributed by atoms with Crippen molar-refractivity contribution in [2.24, 2.45) is 0 Å². The fourth-order valence-corrected chi connectivity index (χ4v) is 2.87. The Morgan fingerprint density at radius 2 is 2.00 bits per heavy atom. The van der Waals surface area contributed by atoms with Gasteiger partial charge in [0, 0.05) is 11.1 Å². The first-order valence-electron chi connectivity index (χ1n) is 8.35. The van der Waals surface area contributed by atoms with Crippen LogP contribution in [0.15, 0.2) is 55.1 Å². The van der Waals surface area contributed by atoms with E-state index in [0.29, 0.717) is 17.9 Å². The minimum Gasteiger partial charge on any atom is -0.489 e. The third-order valence-electron chi connectivity index (χ3n) is 4.55. The van der Waals surface area contributed by atoms with Crippen molar-refractivity contribution in [3.05, 3.63) is 71.8 Å². The van der Waals surface area contributed by atoms with Gasteiger partial charge in [-0.15, -0.1) is 0 Å². The highest BCUT2D eigenvalue weighted by Crippen LogP contribution is 2.31. The van der Waals surface area contributed by atoms with Crippen molar-refractivity contribution < 1.29 is 9.53 Å². The van der Waals surface area contributed by atoms with Gasteiger partial charge in [0.25, 0.3) is 5.91 Å². The minimum atomic E-state index is -0.0632. The largest absolute Gasteiger partial charge is 0.489 e. The average Bonchev–Trinajstić information content (AvgIpc) is 2.59. The average molecular weight is 321 g/mol. The molecule has 2 aromatic carbocycles. The summed E-state index contributed by atoms with van der Waals surface area (Å²) in [5.41, 5.74) is 2.52. The smallest absolute Gasteiger partial charge is 0.251 e. The molecule has 1 saturated carbocycles. The molecule has 1 aliphatic carbocycles. The van der Waals surface area contributed by atoms with Crippen LogP contribution in [-0.4, -0.2) is 11.4 Å². The van der Waals surface area contributed by atoms with E-state index in [1.54, 1.807) is 12.1 Å². The number of amides is 1. The van der Waals surface area contributed by atoms with Gasteiger partial charge in [0.05, 0.1) is 0 Å². The topological polar surface area (TPSA) is 38.3 Å². The molecular weight excluding hydrogens is 298 g/mol. The molecule has 0 bridgehead atoms. The van der Waals surface area contributed by atoms with E-state index in [4.69, 9.17) is 4.74 Å². The zero-order valence-electron chi connectivity index (χ0n) is 14.0. The van der Waals surface area contributed by atoms with E-state index in [1.165, 1.54) is 6.42 Å². The monoisotopic (exact) mass is 321 g/mol. The molecule has 3 heteroatoms. The lowest BCUT2D eigenvalue weighted by Crippen LogP contribution is -2.50. The summed E-state index contributed by atoms with van der Waals surface area (Å²) in [5, 5.41) is 3.13. The van der Waals surface area contributed by atoms with Crippen LogP contribution >= 0.6 is 0 Å². The van der Waals surface area contributed by atoms with E-state index in [2.05, 4.69) is 18.8 Å². The Morgan fingerprint density at radius 3 is 2.62 bits per heavy atom. The van der Waals surface area contributed by atoms with Gasteiger partial charge in [0.15, 0.2) is 0 Å². The standard InChI is InChI=1S/C21H23NO2/c1-3-16-12-18(20(23)22-21(2)10-7-11-21)14-19(13-16)24-15-17-8-5-4-6-9-17/h3-6,8-9,12-14H,1,7,10-11,15H2,2H3,(H,22,23). The van der Waals surface area contributed by atoms with Gasteiger partial charge in [0.2, 0.25) is 0 Å². The van der Waals surface area contributed by atoms with Gasteiger partial charge >= 0.3 is 0 Å². The van der Waals surface area contributed by atoms with Crippen molar-refractivity contribution in [2.45, 2.75) is 38.3 Å². The van der Waals surface area contributed by atoms with E-state index in [9.17, 15) is 4.79 Å². The lowest BCUT2D eigenvalue weighted by molar-refractivity contribution is 0.0850. The van der Waals surface area contributed by atoms with Crippen LogP contribution in [0, 0.1) is 0 Å². The normalized spacial score (nSPS) is 15.2. The van der Waals surface area contributed by atoms with Crippen molar-refractivity contribution in [1.82, 2.24) is 5.32 Å². The van der Waals surface area contributed by atoms with Crippen molar-refractivity contribution in [3.63, 3.8) is 0 Å². The Labute approximate surface area is 143 Å². The highest BCUT2D eigenvalue weighted by Gasteiger charge is 2.33. The Bertz CT molecular complexity index is 733. The summed E-state index contributed by atoms with van der Waals surface area (Å²) in [4.78, 5) is 12.5. The van der Waals surface area contributed by atoms with E-state index in [-0.39, 0.29) is 11.4 Å². The molecule has 1 N–H and O–H groups in total. The summed E-state index contributed by atoms with van der Waals surface area (Å²) < 4.78 is 5.87. The summed E-state index contributed by atoms with van der Waals surface area (Å²) in [6.07, 6.45) is 4.99. The third kappa shape index (κ3) is 3.85. The highest BCUT2D eigenvalue weighted by atomic mass is 16.5. The number of ether oxygens (including phenoxy) is 1. The number of carbonyl (C=O) groups is 1. The van der Waals surface area contributed by atoms with E-state index in [1.807, 2.05) is 42.5 Å². The maximum atomic E-state index is 12.5. The van der Waals surface area contributed by atoms with E-state index in [0.717, 1.165) is 24.0 Å². The Morgan fingerprint density at radius 1 is 1.25 bits per heavy atom. The van der Waals surface area contributed by atoms with Gasteiger partial charge < -0.3 is 10.1 Å². The van der Waals surface area contributed by atoms with Crippen molar-refractivity contribution >= 4 is 12.0 Å². The molecule has 3 nitrogen and oxygen atoms in total. The number of nitrogens with one attached hydrogen (secondary N) is 1. The SMILES string of the molecule is C=Cc1cc(OCc2ccccc2)cc(C(=O)NC2(C)CCC2)c1. The Hall–Kier alpha value is -2.55. The quantitative estimate of drug-likeness (QED) is 0.845. The van der Waals surface area contributed by atoms with Crippen LogP contribution in [-0.2, 0) is 6.61 Å². The molecule has 0 aliphatic heterocycles. The van der Waals surface area contributed by atoms with Crippen molar-refractivity contribution in [3.8, 4) is 5.75 Å². The summed E-state index contributed by atoms with van der Waals surface area (Å²) in [6, 6.07) is 15.5. The second-order valence-corrected chi connectivity index (χ2v) is 6.64. The van der Waals surface area contributed by atoms with Crippen molar-refractivity contribution in [2.75, 3.05) is 0 Å². The van der Waals surface area contributed by atoms with Gasteiger partial charge in [-0.1, -0.05) is 43.0 Å². The molecule has 0 heterocycles. The molecule has 0 spiro atoms. The second kappa shape index (κ2) is 6.91. The lowest BCUT2D eigenvalue weighted by atomic mass is 9.78.